The third-order valence-electron chi connectivity index (χ3n) is 4.16. The van der Waals surface area contributed by atoms with Crippen LogP contribution in [0.4, 0.5) is 0 Å². The van der Waals surface area contributed by atoms with Crippen molar-refractivity contribution in [2.45, 2.75) is 33.4 Å². The summed E-state index contributed by atoms with van der Waals surface area (Å²) in [5.41, 5.74) is 1.59. The zero-order chi connectivity index (χ0) is 15.0. The van der Waals surface area contributed by atoms with Crippen molar-refractivity contribution in [3.8, 4) is 0 Å². The second kappa shape index (κ2) is 4.96. The first-order chi connectivity index (χ1) is 9.28. The molecule has 0 amide bonds. The molecule has 0 aliphatic heterocycles. The summed E-state index contributed by atoms with van der Waals surface area (Å²) in [7, 11) is -4.16. The number of hydrogen-bond acceptors (Lipinski definition) is 2. The van der Waals surface area contributed by atoms with Crippen LogP contribution in [0.5, 0.6) is 0 Å². The van der Waals surface area contributed by atoms with Crippen LogP contribution in [0.25, 0.3) is 0 Å². The van der Waals surface area contributed by atoms with E-state index < -0.39 is 7.06 Å². The molecule has 0 aliphatic carbocycles. The molecule has 0 spiro atoms. The number of benzene rings is 2. The molecule has 0 heterocycles. The molecule has 0 aromatic heterocycles. The summed E-state index contributed by atoms with van der Waals surface area (Å²) in [5, 5.41) is 1.34. The standard InChI is InChI=1S/C17H23O2P/c1-13(2)20(18,19,16-11-7-5-9-14(16)3)17-12-8-6-10-15(17)4/h5-13,18-19H,1-4H3. The van der Waals surface area contributed by atoms with Crippen LogP contribution in [0.1, 0.15) is 25.0 Å². The second-order valence-corrected chi connectivity index (χ2v) is 9.93. The van der Waals surface area contributed by atoms with Crippen LogP contribution in [0, 0.1) is 13.8 Å². The fourth-order valence-corrected chi connectivity index (χ4v) is 6.47. The maximum absolute atomic E-state index is 11.5. The van der Waals surface area contributed by atoms with E-state index in [9.17, 15) is 9.79 Å². The number of rotatable bonds is 3. The maximum atomic E-state index is 11.5. The third kappa shape index (κ3) is 2.09. The summed E-state index contributed by atoms with van der Waals surface area (Å²) >= 11 is 0. The van der Waals surface area contributed by atoms with Gasteiger partial charge in [0.25, 0.3) is 0 Å². The Bertz CT molecular complexity index is 583. The van der Waals surface area contributed by atoms with E-state index in [1.165, 1.54) is 0 Å². The van der Waals surface area contributed by atoms with Crippen molar-refractivity contribution in [1.82, 2.24) is 0 Å². The van der Waals surface area contributed by atoms with Crippen molar-refractivity contribution >= 4 is 17.7 Å². The SMILES string of the molecule is Cc1ccccc1P(O)(O)(c1ccccc1C)C(C)C. The van der Waals surface area contributed by atoms with Crippen molar-refractivity contribution in [2.24, 2.45) is 0 Å². The Morgan fingerprint density at radius 1 is 0.750 bits per heavy atom. The van der Waals surface area contributed by atoms with Crippen LogP contribution < -0.4 is 10.6 Å². The second-order valence-electron chi connectivity index (χ2n) is 5.76. The minimum absolute atomic E-state index is 0.261. The van der Waals surface area contributed by atoms with E-state index in [-0.39, 0.29) is 5.66 Å². The van der Waals surface area contributed by atoms with Gasteiger partial charge in [0.15, 0.2) is 0 Å². The van der Waals surface area contributed by atoms with Crippen LogP contribution in [0.3, 0.4) is 0 Å². The number of aryl methyl sites for hydroxylation is 2. The Morgan fingerprint density at radius 3 is 1.40 bits per heavy atom. The average molecular weight is 290 g/mol. The Hall–Kier alpha value is -1.21. The Morgan fingerprint density at radius 2 is 1.10 bits per heavy atom. The van der Waals surface area contributed by atoms with E-state index in [1.807, 2.05) is 76.2 Å². The average Bonchev–Trinajstić information content (AvgIpc) is 2.39. The van der Waals surface area contributed by atoms with Gasteiger partial charge in [-0.05, 0) is 0 Å². The first kappa shape index (κ1) is 15.2. The quantitative estimate of drug-likeness (QED) is 0.853. The van der Waals surface area contributed by atoms with E-state index in [4.69, 9.17) is 0 Å². The fourth-order valence-electron chi connectivity index (χ4n) is 2.80. The summed E-state index contributed by atoms with van der Waals surface area (Å²) < 4.78 is 0. The molecule has 0 bridgehead atoms. The molecule has 2 aromatic carbocycles. The van der Waals surface area contributed by atoms with Gasteiger partial charge < -0.3 is 0 Å². The normalized spacial score (nSPS) is 14.1. The van der Waals surface area contributed by atoms with E-state index in [1.54, 1.807) is 0 Å². The van der Waals surface area contributed by atoms with Gasteiger partial charge in [0.2, 0.25) is 0 Å². The van der Waals surface area contributed by atoms with Crippen LogP contribution in [-0.4, -0.2) is 15.4 Å². The van der Waals surface area contributed by atoms with Gasteiger partial charge in [-0.1, -0.05) is 0 Å². The van der Waals surface area contributed by atoms with E-state index >= 15 is 0 Å². The first-order valence-electron chi connectivity index (χ1n) is 6.91. The molecule has 0 unspecified atom stereocenters. The molecule has 2 N–H and O–H groups in total. The van der Waals surface area contributed by atoms with Crippen molar-refractivity contribution in [2.75, 3.05) is 0 Å². The molecule has 0 radical (unpaired) electrons. The van der Waals surface area contributed by atoms with Gasteiger partial charge in [-0.3, -0.25) is 0 Å². The fraction of sp³-hybridized carbons (Fsp3) is 0.294. The van der Waals surface area contributed by atoms with Crippen molar-refractivity contribution < 1.29 is 9.79 Å². The topological polar surface area (TPSA) is 40.5 Å². The summed E-state index contributed by atoms with van der Waals surface area (Å²) in [6.07, 6.45) is 0. The Kier molecular flexibility index (Phi) is 3.77. The summed E-state index contributed by atoms with van der Waals surface area (Å²) in [5.74, 6) is 0. The van der Waals surface area contributed by atoms with Crippen LogP contribution in [0.15, 0.2) is 48.5 Å². The molecule has 0 saturated heterocycles. The molecule has 0 atom stereocenters. The Balaban J connectivity index is 2.85. The van der Waals surface area contributed by atoms with Gasteiger partial charge in [0.05, 0.1) is 0 Å². The number of hydrogen-bond donors (Lipinski definition) is 2. The molecule has 2 nitrogen and oxygen atoms in total. The molecule has 2 rings (SSSR count). The van der Waals surface area contributed by atoms with Gasteiger partial charge >= 0.3 is 120 Å². The molecule has 20 heavy (non-hydrogen) atoms. The molecule has 3 heteroatoms. The zero-order valence-electron chi connectivity index (χ0n) is 12.5. The molecular weight excluding hydrogens is 267 g/mol. The van der Waals surface area contributed by atoms with E-state index in [0.717, 1.165) is 11.1 Å². The Labute approximate surface area is 121 Å². The predicted octanol–water partition coefficient (Wildman–Crippen LogP) is 3.03. The molecule has 0 aliphatic rings. The predicted molar refractivity (Wildman–Crippen MR) is 88.1 cm³/mol. The molecule has 2 aromatic rings. The van der Waals surface area contributed by atoms with E-state index in [2.05, 4.69) is 0 Å². The van der Waals surface area contributed by atoms with Gasteiger partial charge in [0, 0.05) is 0 Å². The van der Waals surface area contributed by atoms with Gasteiger partial charge in [-0.2, -0.15) is 0 Å². The molecule has 0 fully saturated rings. The third-order valence-corrected chi connectivity index (χ3v) is 9.02. The summed E-state index contributed by atoms with van der Waals surface area (Å²) in [4.78, 5) is 23.1. The van der Waals surface area contributed by atoms with Gasteiger partial charge in [-0.25, -0.2) is 0 Å². The minimum atomic E-state index is -4.16. The molecule has 108 valence electrons. The van der Waals surface area contributed by atoms with Crippen LogP contribution >= 0.6 is 7.06 Å². The first-order valence-corrected chi connectivity index (χ1v) is 9.13. The van der Waals surface area contributed by atoms with Gasteiger partial charge in [0.1, 0.15) is 0 Å². The molecular formula is C17H23O2P. The molecule has 0 saturated carbocycles. The van der Waals surface area contributed by atoms with Crippen molar-refractivity contribution in [3.63, 3.8) is 0 Å². The van der Waals surface area contributed by atoms with E-state index in [0.29, 0.717) is 10.6 Å². The van der Waals surface area contributed by atoms with Crippen LogP contribution in [0.2, 0.25) is 0 Å². The van der Waals surface area contributed by atoms with Crippen molar-refractivity contribution in [1.29, 1.82) is 0 Å². The monoisotopic (exact) mass is 290 g/mol. The van der Waals surface area contributed by atoms with Gasteiger partial charge in [-0.15, -0.1) is 0 Å². The summed E-state index contributed by atoms with van der Waals surface area (Å²) in [6.45, 7) is 7.64. The summed E-state index contributed by atoms with van der Waals surface area (Å²) in [6, 6.07) is 15.2. The van der Waals surface area contributed by atoms with Crippen LogP contribution in [-0.2, 0) is 0 Å². The zero-order valence-corrected chi connectivity index (χ0v) is 13.4. The van der Waals surface area contributed by atoms with Crippen molar-refractivity contribution in [3.05, 3.63) is 59.7 Å².